The second kappa shape index (κ2) is 14.5. The smallest absolute Gasteiger partial charge is 0.406 e. The molecule has 0 heterocycles. The Labute approximate surface area is 222 Å². The molecule has 6 nitrogen and oxygen atoms in total. The first-order valence-corrected chi connectivity index (χ1v) is 12.3. The van der Waals surface area contributed by atoms with Crippen LogP contribution in [0.3, 0.4) is 0 Å². The minimum Gasteiger partial charge on any atom is -0.406 e. The number of hydrogen-bond donors (Lipinski definition) is 0. The zero-order valence-corrected chi connectivity index (χ0v) is 21.5. The quantitative estimate of drug-likeness (QED) is 0.153. The van der Waals surface area contributed by atoms with Crippen LogP contribution in [0.25, 0.3) is 0 Å². The summed E-state index contributed by atoms with van der Waals surface area (Å²) in [4.78, 5) is 28.5. The first-order chi connectivity index (χ1) is 18.3. The van der Waals surface area contributed by atoms with Gasteiger partial charge in [0, 0.05) is 37.3 Å². The number of alkyl halides is 6. The minimum absolute atomic E-state index is 0.252. The van der Waals surface area contributed by atoms with Gasteiger partial charge in [-0.1, -0.05) is 12.2 Å². The maximum absolute atomic E-state index is 12.7. The van der Waals surface area contributed by atoms with Crippen molar-refractivity contribution in [2.24, 2.45) is 0 Å². The Kier molecular flexibility index (Phi) is 11.7. The third-order valence-electron chi connectivity index (χ3n) is 5.54. The first-order valence-electron chi connectivity index (χ1n) is 12.3. The standard InChI is InChI=1S/C27H30F6N2O4/c1-3-34(24(36)20-10-14-22(15-11-20)38-26(28,29)30)18-8-6-5-7-9-19-35(4-2)25(37)21-12-16-23(17-13-21)39-27(31,32)33/h5-6,10-17H,3-4,7-9,18-19H2,1-2H3. The highest BCUT2D eigenvalue weighted by Gasteiger charge is 2.32. The number of carbonyl (C=O) groups excluding carboxylic acids is 2. The average molecular weight is 561 g/mol. The Balaban J connectivity index is 1.77. The van der Waals surface area contributed by atoms with Crippen molar-refractivity contribution in [2.75, 3.05) is 26.2 Å². The van der Waals surface area contributed by atoms with E-state index < -0.39 is 24.2 Å². The van der Waals surface area contributed by atoms with E-state index in [-0.39, 0.29) is 22.9 Å². The summed E-state index contributed by atoms with van der Waals surface area (Å²) in [5.74, 6) is -1.40. The van der Waals surface area contributed by atoms with Crippen molar-refractivity contribution >= 4 is 11.8 Å². The van der Waals surface area contributed by atoms with Gasteiger partial charge in [0.05, 0.1) is 0 Å². The fourth-order valence-electron chi connectivity index (χ4n) is 3.64. The van der Waals surface area contributed by atoms with Gasteiger partial charge in [0.25, 0.3) is 11.8 Å². The SMILES string of the molecule is CCN(CCC=CCCCN(CC)C(=O)c1ccc(OC(F)(F)F)cc1)C(=O)c1ccc(OC(F)(F)F)cc1. The fraction of sp³-hybridized carbons (Fsp3) is 0.407. The highest BCUT2D eigenvalue weighted by Crippen LogP contribution is 2.24. The lowest BCUT2D eigenvalue weighted by Crippen LogP contribution is -2.31. The minimum atomic E-state index is -4.80. The molecule has 0 aliphatic carbocycles. The molecule has 2 rings (SSSR count). The Morgan fingerprint density at radius 2 is 1.05 bits per heavy atom. The molecule has 39 heavy (non-hydrogen) atoms. The van der Waals surface area contributed by atoms with E-state index in [1.807, 2.05) is 19.1 Å². The molecule has 0 saturated carbocycles. The number of unbranched alkanes of at least 4 members (excludes halogenated alkanes) is 1. The van der Waals surface area contributed by atoms with Crippen LogP contribution in [0.1, 0.15) is 53.8 Å². The number of amides is 2. The monoisotopic (exact) mass is 560 g/mol. The molecule has 0 spiro atoms. The van der Waals surface area contributed by atoms with Crippen molar-refractivity contribution in [3.63, 3.8) is 0 Å². The van der Waals surface area contributed by atoms with Crippen molar-refractivity contribution in [2.45, 2.75) is 45.8 Å². The molecule has 0 aliphatic rings. The van der Waals surface area contributed by atoms with Gasteiger partial charge in [-0.05, 0) is 81.6 Å². The van der Waals surface area contributed by atoms with Gasteiger partial charge in [0.2, 0.25) is 0 Å². The van der Waals surface area contributed by atoms with E-state index in [1.165, 1.54) is 24.3 Å². The van der Waals surface area contributed by atoms with Crippen LogP contribution in [0.2, 0.25) is 0 Å². The number of allylic oxidation sites excluding steroid dienone is 1. The number of benzene rings is 2. The topological polar surface area (TPSA) is 59.1 Å². The molecule has 0 aliphatic heterocycles. The van der Waals surface area contributed by atoms with E-state index in [0.717, 1.165) is 24.3 Å². The summed E-state index contributed by atoms with van der Waals surface area (Å²) in [6.45, 7) is 5.33. The Bertz CT molecular complexity index is 1080. The zero-order chi connectivity index (χ0) is 29.1. The molecule has 12 heteroatoms. The van der Waals surface area contributed by atoms with Crippen LogP contribution in [0, 0.1) is 0 Å². The largest absolute Gasteiger partial charge is 0.573 e. The van der Waals surface area contributed by atoms with Crippen LogP contribution < -0.4 is 9.47 Å². The third-order valence-corrected chi connectivity index (χ3v) is 5.54. The lowest BCUT2D eigenvalue weighted by molar-refractivity contribution is -0.275. The van der Waals surface area contributed by atoms with E-state index in [2.05, 4.69) is 9.47 Å². The van der Waals surface area contributed by atoms with Crippen LogP contribution in [0.4, 0.5) is 26.3 Å². The Morgan fingerprint density at radius 1 is 0.667 bits per heavy atom. The van der Waals surface area contributed by atoms with Gasteiger partial charge in [-0.25, -0.2) is 0 Å². The van der Waals surface area contributed by atoms with Crippen molar-refractivity contribution in [1.29, 1.82) is 0 Å². The number of hydrogen-bond acceptors (Lipinski definition) is 4. The van der Waals surface area contributed by atoms with Gasteiger partial charge in [-0.2, -0.15) is 0 Å². The molecule has 0 unspecified atom stereocenters. The molecule has 2 aromatic rings. The Hall–Kier alpha value is -3.70. The molecule has 0 radical (unpaired) electrons. The van der Waals surface area contributed by atoms with Crippen molar-refractivity contribution < 1.29 is 45.4 Å². The van der Waals surface area contributed by atoms with E-state index in [0.29, 0.717) is 45.4 Å². The summed E-state index contributed by atoms with van der Waals surface area (Å²) in [6.07, 6.45) is -3.86. The summed E-state index contributed by atoms with van der Waals surface area (Å²) in [7, 11) is 0. The summed E-state index contributed by atoms with van der Waals surface area (Å²) in [5.41, 5.74) is 0.510. The van der Waals surface area contributed by atoms with Crippen molar-refractivity contribution in [1.82, 2.24) is 9.80 Å². The Morgan fingerprint density at radius 3 is 1.44 bits per heavy atom. The normalized spacial score (nSPS) is 11.9. The van der Waals surface area contributed by atoms with Gasteiger partial charge in [-0.15, -0.1) is 26.3 Å². The fourth-order valence-corrected chi connectivity index (χ4v) is 3.64. The molecule has 214 valence electrons. The number of carbonyl (C=O) groups is 2. The van der Waals surface area contributed by atoms with Gasteiger partial charge >= 0.3 is 12.7 Å². The highest BCUT2D eigenvalue weighted by atomic mass is 19.4. The molecule has 0 atom stereocenters. The number of rotatable bonds is 13. The van der Waals surface area contributed by atoms with Crippen LogP contribution in [0.5, 0.6) is 11.5 Å². The van der Waals surface area contributed by atoms with Gasteiger partial charge in [-0.3, -0.25) is 9.59 Å². The maximum atomic E-state index is 12.7. The van der Waals surface area contributed by atoms with E-state index in [1.54, 1.807) is 16.7 Å². The predicted molar refractivity (Wildman–Crippen MR) is 132 cm³/mol. The molecular weight excluding hydrogens is 530 g/mol. The molecule has 0 fully saturated rings. The van der Waals surface area contributed by atoms with Crippen molar-refractivity contribution in [3.05, 3.63) is 71.8 Å². The molecular formula is C27H30F6N2O4. The van der Waals surface area contributed by atoms with Gasteiger partial charge in [0.15, 0.2) is 0 Å². The molecule has 2 aromatic carbocycles. The first kappa shape index (κ1) is 31.5. The molecule has 2 amide bonds. The highest BCUT2D eigenvalue weighted by molar-refractivity contribution is 5.94. The maximum Gasteiger partial charge on any atom is 0.573 e. The molecule has 0 saturated heterocycles. The van der Waals surface area contributed by atoms with Crippen LogP contribution in [-0.4, -0.2) is 60.5 Å². The third kappa shape index (κ3) is 11.3. The summed E-state index contributed by atoms with van der Waals surface area (Å²) in [5, 5.41) is 0. The lowest BCUT2D eigenvalue weighted by atomic mass is 10.1. The second-order valence-electron chi connectivity index (χ2n) is 8.32. The van der Waals surface area contributed by atoms with Crippen LogP contribution in [-0.2, 0) is 0 Å². The van der Waals surface area contributed by atoms with Crippen LogP contribution >= 0.6 is 0 Å². The summed E-state index contributed by atoms with van der Waals surface area (Å²) >= 11 is 0. The molecule has 0 bridgehead atoms. The zero-order valence-electron chi connectivity index (χ0n) is 21.5. The number of ether oxygens (including phenoxy) is 2. The average Bonchev–Trinajstić information content (AvgIpc) is 2.86. The predicted octanol–water partition coefficient (Wildman–Crippen LogP) is 6.83. The number of nitrogens with zero attached hydrogens (tertiary/aromatic N) is 2. The van der Waals surface area contributed by atoms with Crippen molar-refractivity contribution in [3.8, 4) is 11.5 Å². The van der Waals surface area contributed by atoms with Crippen LogP contribution in [0.15, 0.2) is 60.7 Å². The lowest BCUT2D eigenvalue weighted by Gasteiger charge is -2.21. The van der Waals surface area contributed by atoms with E-state index in [9.17, 15) is 35.9 Å². The summed E-state index contributed by atoms with van der Waals surface area (Å²) < 4.78 is 81.4. The summed E-state index contributed by atoms with van der Waals surface area (Å²) in [6, 6.07) is 9.53. The molecule has 0 aromatic heterocycles. The van der Waals surface area contributed by atoms with E-state index >= 15 is 0 Å². The second-order valence-corrected chi connectivity index (χ2v) is 8.32. The van der Waals surface area contributed by atoms with Gasteiger partial charge < -0.3 is 19.3 Å². The van der Waals surface area contributed by atoms with E-state index in [4.69, 9.17) is 0 Å². The van der Waals surface area contributed by atoms with Gasteiger partial charge in [0.1, 0.15) is 11.5 Å². The molecule has 0 N–H and O–H groups in total. The number of halogens is 6.